The molecule has 0 spiro atoms. The summed E-state index contributed by atoms with van der Waals surface area (Å²) in [5.41, 5.74) is 1.56. The molecule has 1 rings (SSSR count). The maximum Gasteiger partial charge on any atom is 0.387 e. The first-order valence-electron chi connectivity index (χ1n) is 6.58. The Labute approximate surface area is 123 Å². The van der Waals surface area contributed by atoms with Crippen LogP contribution in [0.5, 0.6) is 11.5 Å². The predicted octanol–water partition coefficient (Wildman–Crippen LogP) is 2.98. The fraction of sp³-hybridized carbons (Fsp3) is 0.467. The number of benzene rings is 1. The standard InChI is InChI=1S/C15H21F2NO3/c1-11(2)10-20-8-7-18-9-12-5-4-6-13(19-3)14(12)21-15(16)17/h4-6,15,18H,1,7-10H2,2-3H3. The number of rotatable bonds is 10. The minimum Gasteiger partial charge on any atom is -0.493 e. The van der Waals surface area contributed by atoms with Gasteiger partial charge in [-0.15, -0.1) is 0 Å². The number of hydrogen-bond acceptors (Lipinski definition) is 4. The molecule has 0 aromatic heterocycles. The van der Waals surface area contributed by atoms with Crippen molar-refractivity contribution in [1.29, 1.82) is 0 Å². The third-order valence-electron chi connectivity index (χ3n) is 2.57. The molecule has 0 saturated heterocycles. The van der Waals surface area contributed by atoms with Gasteiger partial charge in [-0.05, 0) is 13.0 Å². The van der Waals surface area contributed by atoms with Gasteiger partial charge in [0.15, 0.2) is 11.5 Å². The molecule has 1 N–H and O–H groups in total. The van der Waals surface area contributed by atoms with Crippen molar-refractivity contribution in [3.63, 3.8) is 0 Å². The summed E-state index contributed by atoms with van der Waals surface area (Å²) in [6.45, 7) is 4.74. The molecular formula is C15H21F2NO3. The summed E-state index contributed by atoms with van der Waals surface area (Å²) < 4.78 is 39.8. The molecule has 21 heavy (non-hydrogen) atoms. The molecule has 118 valence electrons. The van der Waals surface area contributed by atoms with Gasteiger partial charge in [-0.1, -0.05) is 24.3 Å². The number of methoxy groups -OCH3 is 1. The fourth-order valence-corrected chi connectivity index (χ4v) is 1.70. The van der Waals surface area contributed by atoms with Crippen molar-refractivity contribution >= 4 is 0 Å². The average molecular weight is 301 g/mol. The van der Waals surface area contributed by atoms with Gasteiger partial charge in [0, 0.05) is 18.7 Å². The quantitative estimate of drug-likeness (QED) is 0.533. The van der Waals surface area contributed by atoms with Gasteiger partial charge in [-0.2, -0.15) is 8.78 Å². The van der Waals surface area contributed by atoms with Crippen LogP contribution < -0.4 is 14.8 Å². The van der Waals surface area contributed by atoms with Crippen LogP contribution in [0.4, 0.5) is 8.78 Å². The number of para-hydroxylation sites is 1. The van der Waals surface area contributed by atoms with E-state index in [1.807, 2.05) is 6.92 Å². The Morgan fingerprint density at radius 2 is 2.14 bits per heavy atom. The van der Waals surface area contributed by atoms with Crippen LogP contribution in [-0.2, 0) is 11.3 Å². The second-order valence-electron chi connectivity index (χ2n) is 4.51. The summed E-state index contributed by atoms with van der Waals surface area (Å²) in [6, 6.07) is 5.02. The molecule has 0 atom stereocenters. The zero-order valence-electron chi connectivity index (χ0n) is 12.3. The second-order valence-corrected chi connectivity index (χ2v) is 4.51. The Balaban J connectivity index is 2.51. The molecule has 0 fully saturated rings. The van der Waals surface area contributed by atoms with Crippen LogP contribution in [-0.4, -0.2) is 33.5 Å². The molecule has 0 saturated carbocycles. The van der Waals surface area contributed by atoms with E-state index in [4.69, 9.17) is 9.47 Å². The molecule has 0 amide bonds. The van der Waals surface area contributed by atoms with Gasteiger partial charge in [0.2, 0.25) is 0 Å². The van der Waals surface area contributed by atoms with E-state index in [1.54, 1.807) is 18.2 Å². The van der Waals surface area contributed by atoms with E-state index >= 15 is 0 Å². The van der Waals surface area contributed by atoms with Gasteiger partial charge in [0.05, 0.1) is 20.3 Å². The van der Waals surface area contributed by atoms with Crippen LogP contribution in [0.15, 0.2) is 30.4 Å². The normalized spacial score (nSPS) is 10.7. The monoisotopic (exact) mass is 301 g/mol. The number of alkyl halides is 2. The van der Waals surface area contributed by atoms with Crippen molar-refractivity contribution in [3.8, 4) is 11.5 Å². The van der Waals surface area contributed by atoms with Gasteiger partial charge in [-0.3, -0.25) is 0 Å². The van der Waals surface area contributed by atoms with E-state index < -0.39 is 6.61 Å². The van der Waals surface area contributed by atoms with Crippen molar-refractivity contribution in [2.45, 2.75) is 20.1 Å². The van der Waals surface area contributed by atoms with Gasteiger partial charge < -0.3 is 19.5 Å². The summed E-state index contributed by atoms with van der Waals surface area (Å²) in [7, 11) is 1.41. The molecule has 6 heteroatoms. The molecule has 0 unspecified atom stereocenters. The van der Waals surface area contributed by atoms with Crippen LogP contribution in [0.3, 0.4) is 0 Å². The fourth-order valence-electron chi connectivity index (χ4n) is 1.70. The van der Waals surface area contributed by atoms with Crippen LogP contribution in [0.25, 0.3) is 0 Å². The van der Waals surface area contributed by atoms with E-state index in [9.17, 15) is 8.78 Å². The minimum atomic E-state index is -2.89. The molecule has 1 aromatic carbocycles. The molecular weight excluding hydrogens is 280 g/mol. The molecule has 0 radical (unpaired) electrons. The zero-order valence-corrected chi connectivity index (χ0v) is 12.3. The molecule has 0 aliphatic rings. The van der Waals surface area contributed by atoms with Crippen molar-refractivity contribution < 1.29 is 23.0 Å². The zero-order chi connectivity index (χ0) is 15.7. The molecule has 0 aliphatic heterocycles. The van der Waals surface area contributed by atoms with Crippen molar-refractivity contribution in [2.75, 3.05) is 26.9 Å². The number of halogens is 2. The molecule has 0 heterocycles. The van der Waals surface area contributed by atoms with E-state index in [0.29, 0.717) is 31.9 Å². The largest absolute Gasteiger partial charge is 0.493 e. The molecule has 0 aliphatic carbocycles. The molecule has 1 aromatic rings. The highest BCUT2D eigenvalue weighted by Crippen LogP contribution is 2.32. The second kappa shape index (κ2) is 9.31. The molecule has 4 nitrogen and oxygen atoms in total. The molecule has 0 bridgehead atoms. The SMILES string of the molecule is C=C(C)COCCNCc1cccc(OC)c1OC(F)F. The van der Waals surface area contributed by atoms with Crippen LogP contribution in [0.1, 0.15) is 12.5 Å². The maximum atomic E-state index is 12.5. The Morgan fingerprint density at radius 3 is 2.76 bits per heavy atom. The summed E-state index contributed by atoms with van der Waals surface area (Å²) in [6.07, 6.45) is 0. The highest BCUT2D eigenvalue weighted by atomic mass is 19.3. The van der Waals surface area contributed by atoms with E-state index in [2.05, 4.69) is 16.6 Å². The first-order chi connectivity index (χ1) is 10.0. The Morgan fingerprint density at radius 1 is 1.38 bits per heavy atom. The highest BCUT2D eigenvalue weighted by Gasteiger charge is 2.14. The average Bonchev–Trinajstić information content (AvgIpc) is 2.43. The summed E-state index contributed by atoms with van der Waals surface area (Å²) in [5, 5.41) is 3.11. The lowest BCUT2D eigenvalue weighted by Gasteiger charge is -2.15. The van der Waals surface area contributed by atoms with Crippen molar-refractivity contribution in [1.82, 2.24) is 5.32 Å². The van der Waals surface area contributed by atoms with Crippen LogP contribution in [0, 0.1) is 0 Å². The smallest absolute Gasteiger partial charge is 0.387 e. The lowest BCUT2D eigenvalue weighted by Crippen LogP contribution is -2.20. The Hall–Kier alpha value is -1.66. The van der Waals surface area contributed by atoms with Crippen molar-refractivity contribution in [2.24, 2.45) is 0 Å². The van der Waals surface area contributed by atoms with Gasteiger partial charge in [-0.25, -0.2) is 0 Å². The number of hydrogen-bond donors (Lipinski definition) is 1. The lowest BCUT2D eigenvalue weighted by atomic mass is 10.2. The Kier molecular flexibility index (Phi) is 7.71. The summed E-state index contributed by atoms with van der Waals surface area (Å²) >= 11 is 0. The highest BCUT2D eigenvalue weighted by molar-refractivity contribution is 5.46. The first kappa shape index (κ1) is 17.4. The number of ether oxygens (including phenoxy) is 3. The van der Waals surface area contributed by atoms with Crippen molar-refractivity contribution in [3.05, 3.63) is 35.9 Å². The number of nitrogens with one attached hydrogen (secondary N) is 1. The van der Waals surface area contributed by atoms with Crippen LogP contribution in [0.2, 0.25) is 0 Å². The third kappa shape index (κ3) is 6.55. The first-order valence-corrected chi connectivity index (χ1v) is 6.58. The predicted molar refractivity (Wildman–Crippen MR) is 77.0 cm³/mol. The summed E-state index contributed by atoms with van der Waals surface area (Å²) in [4.78, 5) is 0. The van der Waals surface area contributed by atoms with E-state index in [0.717, 1.165) is 5.57 Å². The van der Waals surface area contributed by atoms with E-state index in [1.165, 1.54) is 7.11 Å². The van der Waals surface area contributed by atoms with Gasteiger partial charge in [0.1, 0.15) is 0 Å². The topological polar surface area (TPSA) is 39.7 Å². The lowest BCUT2D eigenvalue weighted by molar-refractivity contribution is -0.0518. The van der Waals surface area contributed by atoms with E-state index in [-0.39, 0.29) is 11.5 Å². The minimum absolute atomic E-state index is 0.0605. The maximum absolute atomic E-state index is 12.5. The van der Waals surface area contributed by atoms with Gasteiger partial charge in [0.25, 0.3) is 0 Å². The summed E-state index contributed by atoms with van der Waals surface area (Å²) in [5.74, 6) is 0.346. The Bertz CT molecular complexity index is 453. The third-order valence-corrected chi connectivity index (χ3v) is 2.57. The van der Waals surface area contributed by atoms with Crippen LogP contribution >= 0.6 is 0 Å². The van der Waals surface area contributed by atoms with Gasteiger partial charge >= 0.3 is 6.61 Å².